The van der Waals surface area contributed by atoms with E-state index >= 15 is 0 Å². The molecule has 0 spiro atoms. The lowest BCUT2D eigenvalue weighted by molar-refractivity contribution is 0.242. The molecule has 1 aliphatic rings. The van der Waals surface area contributed by atoms with Crippen LogP contribution < -0.4 is 0 Å². The van der Waals surface area contributed by atoms with Crippen LogP contribution in [0.25, 0.3) is 17.1 Å². The number of hydrogen-bond donors (Lipinski definition) is 0. The summed E-state index contributed by atoms with van der Waals surface area (Å²) >= 11 is 0. The molecule has 4 heterocycles. The summed E-state index contributed by atoms with van der Waals surface area (Å²) in [6.07, 6.45) is 6.53. The maximum absolute atomic E-state index is 4.82. The SMILES string of the molecule is Cc1cc(CN2CCc3nc(-c4cccnc4)ncc3C2)c(C)n1-c1ccccc1. The second kappa shape index (κ2) is 7.84. The Morgan fingerprint density at radius 3 is 2.67 bits per heavy atom. The third-order valence-electron chi connectivity index (χ3n) is 5.88. The van der Waals surface area contributed by atoms with Gasteiger partial charge < -0.3 is 4.57 Å². The quantitative estimate of drug-likeness (QED) is 0.510. The zero-order chi connectivity index (χ0) is 20.5. The summed E-state index contributed by atoms with van der Waals surface area (Å²) in [7, 11) is 0. The van der Waals surface area contributed by atoms with Crippen molar-refractivity contribution < 1.29 is 0 Å². The molecule has 5 rings (SSSR count). The molecule has 5 heteroatoms. The molecule has 0 unspecified atom stereocenters. The highest BCUT2D eigenvalue weighted by Crippen LogP contribution is 2.25. The maximum atomic E-state index is 4.82. The molecular formula is C25H25N5. The van der Waals surface area contributed by atoms with Crippen molar-refractivity contribution in [3.63, 3.8) is 0 Å². The second-order valence-electron chi connectivity index (χ2n) is 7.94. The first-order chi connectivity index (χ1) is 14.7. The van der Waals surface area contributed by atoms with E-state index in [0.29, 0.717) is 0 Å². The molecule has 1 aromatic carbocycles. The molecule has 0 N–H and O–H groups in total. The van der Waals surface area contributed by atoms with Gasteiger partial charge in [0.05, 0.1) is 5.69 Å². The largest absolute Gasteiger partial charge is 0.318 e. The van der Waals surface area contributed by atoms with Gasteiger partial charge in [0.1, 0.15) is 0 Å². The van der Waals surface area contributed by atoms with Gasteiger partial charge in [0.2, 0.25) is 0 Å². The summed E-state index contributed by atoms with van der Waals surface area (Å²) in [6.45, 7) is 7.23. The monoisotopic (exact) mass is 395 g/mol. The minimum absolute atomic E-state index is 0.765. The van der Waals surface area contributed by atoms with Crippen LogP contribution in [0.4, 0.5) is 0 Å². The average molecular weight is 396 g/mol. The van der Waals surface area contributed by atoms with Gasteiger partial charge in [-0.3, -0.25) is 9.88 Å². The number of benzene rings is 1. The third kappa shape index (κ3) is 3.53. The molecule has 0 bridgehead atoms. The molecule has 0 saturated heterocycles. The fourth-order valence-electron chi connectivity index (χ4n) is 4.35. The van der Waals surface area contributed by atoms with Crippen LogP contribution in [0.1, 0.15) is 28.2 Å². The fourth-order valence-corrected chi connectivity index (χ4v) is 4.35. The van der Waals surface area contributed by atoms with Crippen molar-refractivity contribution in [3.05, 3.63) is 95.3 Å². The molecular weight excluding hydrogens is 370 g/mol. The number of hydrogen-bond acceptors (Lipinski definition) is 4. The Labute approximate surface area is 177 Å². The van der Waals surface area contributed by atoms with E-state index in [0.717, 1.165) is 43.1 Å². The summed E-state index contributed by atoms with van der Waals surface area (Å²) in [5, 5.41) is 0. The van der Waals surface area contributed by atoms with Crippen LogP contribution in [-0.2, 0) is 19.5 Å². The third-order valence-corrected chi connectivity index (χ3v) is 5.88. The highest BCUT2D eigenvalue weighted by molar-refractivity contribution is 5.53. The smallest absolute Gasteiger partial charge is 0.160 e. The van der Waals surface area contributed by atoms with Crippen LogP contribution in [0.3, 0.4) is 0 Å². The van der Waals surface area contributed by atoms with Gasteiger partial charge in [0.25, 0.3) is 0 Å². The maximum Gasteiger partial charge on any atom is 0.160 e. The van der Waals surface area contributed by atoms with Gasteiger partial charge in [-0.2, -0.15) is 0 Å². The normalized spacial score (nSPS) is 13.9. The highest BCUT2D eigenvalue weighted by atomic mass is 15.1. The van der Waals surface area contributed by atoms with Crippen LogP contribution >= 0.6 is 0 Å². The van der Waals surface area contributed by atoms with Crippen molar-refractivity contribution >= 4 is 0 Å². The Balaban J connectivity index is 1.35. The van der Waals surface area contributed by atoms with Crippen molar-refractivity contribution in [2.45, 2.75) is 33.4 Å². The number of para-hydroxylation sites is 1. The first-order valence-corrected chi connectivity index (χ1v) is 10.4. The van der Waals surface area contributed by atoms with Crippen molar-refractivity contribution in [3.8, 4) is 17.1 Å². The van der Waals surface area contributed by atoms with Crippen LogP contribution in [0.5, 0.6) is 0 Å². The first kappa shape index (κ1) is 18.7. The summed E-state index contributed by atoms with van der Waals surface area (Å²) in [6, 6.07) is 16.8. The molecule has 0 aliphatic carbocycles. The number of aromatic nitrogens is 4. The topological polar surface area (TPSA) is 46.8 Å². The summed E-state index contributed by atoms with van der Waals surface area (Å²) in [4.78, 5) is 16.1. The standard InChI is InChI=1S/C25H25N5/c1-18-13-21(19(2)30(18)23-8-4-3-5-9-23)16-29-12-10-24-22(17-29)15-27-25(28-24)20-7-6-11-26-14-20/h3-9,11,13-15H,10,12,16-17H2,1-2H3. The lowest BCUT2D eigenvalue weighted by atomic mass is 10.1. The predicted molar refractivity (Wildman–Crippen MR) is 118 cm³/mol. The Hall–Kier alpha value is -3.31. The van der Waals surface area contributed by atoms with E-state index in [1.807, 2.05) is 24.5 Å². The molecule has 3 aromatic heterocycles. The lowest BCUT2D eigenvalue weighted by Gasteiger charge is -2.28. The first-order valence-electron chi connectivity index (χ1n) is 10.4. The molecule has 5 nitrogen and oxygen atoms in total. The van der Waals surface area contributed by atoms with Gasteiger partial charge >= 0.3 is 0 Å². The van der Waals surface area contributed by atoms with Crippen LogP contribution in [-0.4, -0.2) is 31.0 Å². The van der Waals surface area contributed by atoms with Gasteiger partial charge in [0, 0.05) is 72.8 Å². The zero-order valence-corrected chi connectivity index (χ0v) is 17.4. The number of fused-ring (bicyclic) bond motifs is 1. The second-order valence-corrected chi connectivity index (χ2v) is 7.94. The number of rotatable bonds is 4. The molecule has 30 heavy (non-hydrogen) atoms. The molecule has 1 aliphatic heterocycles. The Morgan fingerprint density at radius 2 is 1.87 bits per heavy atom. The number of pyridine rings is 1. The molecule has 150 valence electrons. The fraction of sp³-hybridized carbons (Fsp3) is 0.240. The summed E-state index contributed by atoms with van der Waals surface area (Å²) in [5.41, 5.74) is 8.55. The van der Waals surface area contributed by atoms with E-state index in [-0.39, 0.29) is 0 Å². The van der Waals surface area contributed by atoms with E-state index in [1.165, 1.54) is 28.2 Å². The van der Waals surface area contributed by atoms with Gasteiger partial charge in [0.15, 0.2) is 5.82 Å². The van der Waals surface area contributed by atoms with Crippen LogP contribution in [0, 0.1) is 13.8 Å². The molecule has 0 atom stereocenters. The Morgan fingerprint density at radius 1 is 1.00 bits per heavy atom. The minimum Gasteiger partial charge on any atom is -0.318 e. The number of nitrogens with zero attached hydrogens (tertiary/aromatic N) is 5. The van der Waals surface area contributed by atoms with E-state index in [1.54, 1.807) is 6.20 Å². The van der Waals surface area contributed by atoms with Gasteiger partial charge in [-0.05, 0) is 49.7 Å². The van der Waals surface area contributed by atoms with E-state index in [4.69, 9.17) is 4.98 Å². The predicted octanol–water partition coefficient (Wildman–Crippen LogP) is 4.50. The van der Waals surface area contributed by atoms with Gasteiger partial charge in [-0.15, -0.1) is 0 Å². The molecule has 0 saturated carbocycles. The number of aryl methyl sites for hydroxylation is 1. The van der Waals surface area contributed by atoms with Crippen LogP contribution in [0.15, 0.2) is 67.1 Å². The molecule has 4 aromatic rings. The molecule has 0 amide bonds. The Bertz CT molecular complexity index is 1170. The Kier molecular flexibility index (Phi) is 4.89. The lowest BCUT2D eigenvalue weighted by Crippen LogP contribution is -2.31. The van der Waals surface area contributed by atoms with E-state index < -0.39 is 0 Å². The van der Waals surface area contributed by atoms with Gasteiger partial charge in [-0.25, -0.2) is 9.97 Å². The summed E-state index contributed by atoms with van der Waals surface area (Å²) in [5.74, 6) is 0.765. The average Bonchev–Trinajstić information content (AvgIpc) is 3.07. The zero-order valence-electron chi connectivity index (χ0n) is 17.4. The van der Waals surface area contributed by atoms with E-state index in [2.05, 4.69) is 69.7 Å². The van der Waals surface area contributed by atoms with Crippen molar-refractivity contribution in [1.82, 2.24) is 24.4 Å². The van der Waals surface area contributed by atoms with Crippen molar-refractivity contribution in [2.24, 2.45) is 0 Å². The minimum atomic E-state index is 0.765. The summed E-state index contributed by atoms with van der Waals surface area (Å²) < 4.78 is 2.34. The highest BCUT2D eigenvalue weighted by Gasteiger charge is 2.21. The molecule has 0 fully saturated rings. The van der Waals surface area contributed by atoms with Crippen molar-refractivity contribution in [1.29, 1.82) is 0 Å². The van der Waals surface area contributed by atoms with Crippen molar-refractivity contribution in [2.75, 3.05) is 6.54 Å². The molecule has 0 radical (unpaired) electrons. The van der Waals surface area contributed by atoms with E-state index in [9.17, 15) is 0 Å². The van der Waals surface area contributed by atoms with Crippen LogP contribution in [0.2, 0.25) is 0 Å². The van der Waals surface area contributed by atoms with Gasteiger partial charge in [-0.1, -0.05) is 18.2 Å².